The fourth-order valence-electron chi connectivity index (χ4n) is 1.04. The minimum atomic E-state index is -2.47. The molecule has 0 aliphatic heterocycles. The van der Waals surface area contributed by atoms with E-state index in [2.05, 4.69) is 5.92 Å². The zero-order valence-corrected chi connectivity index (χ0v) is 8.20. The van der Waals surface area contributed by atoms with Crippen LogP contribution in [0.25, 0.3) is 0 Å². The van der Waals surface area contributed by atoms with Crippen molar-refractivity contribution in [1.82, 2.24) is 4.90 Å². The number of hydrogen-bond acceptors (Lipinski definition) is 1. The molecular weight excluding hydrogens is 170 g/mol. The lowest BCUT2D eigenvalue weighted by molar-refractivity contribution is 0.287. The van der Waals surface area contributed by atoms with Crippen LogP contribution in [-0.2, 0) is 6.37 Å². The quantitative estimate of drug-likeness (QED) is 0.661. The lowest BCUT2D eigenvalue weighted by Crippen LogP contribution is -2.31. The Morgan fingerprint density at radius 3 is 2.86 bits per heavy atom. The minimum Gasteiger partial charge on any atom is -0.292 e. The molecule has 0 saturated carbocycles. The Kier molecular flexibility index (Phi) is 2.18. The molecule has 1 aromatic rings. The second-order valence-electron chi connectivity index (χ2n) is 3.03. The van der Waals surface area contributed by atoms with Crippen molar-refractivity contribution in [1.29, 1.82) is 0 Å². The largest absolute Gasteiger partial charge is 0.292 e. The minimum absolute atomic E-state index is 0.0788. The molecule has 0 bridgehead atoms. The molecule has 0 radical (unpaired) electrons. The van der Waals surface area contributed by atoms with Crippen molar-refractivity contribution in [2.75, 3.05) is 13.6 Å². The fourth-order valence-corrected chi connectivity index (χ4v) is 1.04. The lowest BCUT2D eigenvalue weighted by Gasteiger charge is -2.22. The Balaban J connectivity index is 3.21. The Labute approximate surface area is 93.8 Å². The van der Waals surface area contributed by atoms with Gasteiger partial charge in [0.1, 0.15) is 0 Å². The van der Waals surface area contributed by atoms with Crippen LogP contribution in [0.2, 0.25) is 0 Å². The van der Waals surface area contributed by atoms with Gasteiger partial charge in [-0.2, -0.15) is 0 Å². The number of hydrogen-bond donors (Lipinski definition) is 0. The molecule has 0 aromatic heterocycles. The predicted octanol–water partition coefficient (Wildman–Crippen LogP) is 2.18. The molecule has 0 aliphatic carbocycles. The van der Waals surface area contributed by atoms with Crippen LogP contribution < -0.4 is 0 Å². The lowest BCUT2D eigenvalue weighted by atomic mass is 10.1. The summed E-state index contributed by atoms with van der Waals surface area (Å²) in [6.07, 6.45) is 3.18. The highest BCUT2D eigenvalue weighted by atomic mass is 15.1. The molecule has 0 unspecified atom stereocenters. The number of rotatable bonds is 4. The molecule has 1 aromatic carbocycles. The van der Waals surface area contributed by atoms with E-state index in [0.29, 0.717) is 5.56 Å². The molecule has 1 nitrogen and oxygen atoms in total. The van der Waals surface area contributed by atoms with E-state index in [1.54, 1.807) is 30.3 Å². The average Bonchev–Trinajstić information content (AvgIpc) is 2.28. The van der Waals surface area contributed by atoms with E-state index in [4.69, 9.17) is 13.3 Å². The van der Waals surface area contributed by atoms with Crippen LogP contribution in [-0.4, -0.2) is 24.5 Å². The molecular formula is C13H17N. The molecule has 74 valence electrons. The maximum atomic E-state index is 8.19. The van der Waals surface area contributed by atoms with Gasteiger partial charge in [-0.05, 0) is 25.8 Å². The first kappa shape index (κ1) is 5.58. The van der Waals surface area contributed by atoms with Gasteiger partial charge in [-0.15, -0.1) is 6.42 Å². The van der Waals surface area contributed by atoms with Gasteiger partial charge in [0.2, 0.25) is 0 Å². The van der Waals surface area contributed by atoms with Gasteiger partial charge < -0.3 is 0 Å². The van der Waals surface area contributed by atoms with Gasteiger partial charge in [-0.3, -0.25) is 4.90 Å². The van der Waals surface area contributed by atoms with Crippen LogP contribution in [0.5, 0.6) is 0 Å². The zero-order chi connectivity index (χ0) is 14.7. The third-order valence-corrected chi connectivity index (χ3v) is 1.86. The highest BCUT2D eigenvalue weighted by molar-refractivity contribution is 5.15. The number of likely N-dealkylation sites (N-methyl/N-ethyl adjacent to an activating group) is 1. The number of benzene rings is 1. The van der Waals surface area contributed by atoms with E-state index in [9.17, 15) is 0 Å². The Morgan fingerprint density at radius 1 is 1.57 bits per heavy atom. The van der Waals surface area contributed by atoms with E-state index in [-0.39, 0.29) is 6.54 Å². The first-order valence-corrected chi connectivity index (χ1v) is 4.40. The van der Waals surface area contributed by atoms with E-state index in [0.717, 1.165) is 0 Å². The van der Waals surface area contributed by atoms with Gasteiger partial charge in [0.05, 0.1) is 6.54 Å². The summed E-state index contributed by atoms with van der Waals surface area (Å²) in [4.78, 5) is 1.36. The smallest absolute Gasteiger partial charge is 0.0598 e. The first-order valence-electron chi connectivity index (χ1n) is 6.90. The Bertz CT molecular complexity index is 446. The molecule has 1 atom stereocenters. The van der Waals surface area contributed by atoms with Crippen molar-refractivity contribution in [3.8, 4) is 12.3 Å². The Hall–Kier alpha value is -1.26. The van der Waals surface area contributed by atoms with Crippen molar-refractivity contribution in [2.45, 2.75) is 19.3 Å². The van der Waals surface area contributed by atoms with Gasteiger partial charge in [0, 0.05) is 12.9 Å². The standard InChI is InChI=1S/C13H17N/c1-4-10-14(3)12(2)11-13-8-6-5-7-9-13/h1,5-9,12H,10-11H2,2-3H3/t12-/m1/s1/i2D3,11D2. The third kappa shape index (κ3) is 3.24. The highest BCUT2D eigenvalue weighted by Crippen LogP contribution is 2.06. The van der Waals surface area contributed by atoms with Crippen LogP contribution >= 0.6 is 0 Å². The van der Waals surface area contributed by atoms with Gasteiger partial charge >= 0.3 is 0 Å². The summed E-state index contributed by atoms with van der Waals surface area (Å²) >= 11 is 0. The summed E-state index contributed by atoms with van der Waals surface area (Å²) in [5.41, 5.74) is 0.333. The van der Waals surface area contributed by atoms with Crippen molar-refractivity contribution in [3.63, 3.8) is 0 Å². The second kappa shape index (κ2) is 5.47. The van der Waals surface area contributed by atoms with Crippen LogP contribution in [0, 0.1) is 12.3 Å². The van der Waals surface area contributed by atoms with E-state index >= 15 is 0 Å². The topological polar surface area (TPSA) is 3.24 Å². The van der Waals surface area contributed by atoms with Crippen molar-refractivity contribution in [3.05, 3.63) is 35.9 Å². The second-order valence-corrected chi connectivity index (χ2v) is 3.03. The maximum absolute atomic E-state index is 8.19. The molecule has 0 heterocycles. The summed E-state index contributed by atoms with van der Waals surface area (Å²) in [6, 6.07) is 7.01. The summed E-state index contributed by atoms with van der Waals surface area (Å²) in [7, 11) is 1.53. The van der Waals surface area contributed by atoms with Crippen LogP contribution in [0.15, 0.2) is 30.3 Å². The maximum Gasteiger partial charge on any atom is 0.0598 e. The predicted molar refractivity (Wildman–Crippen MR) is 61.1 cm³/mol. The molecule has 0 aliphatic rings. The first-order chi connectivity index (χ1) is 8.71. The van der Waals surface area contributed by atoms with Crippen LogP contribution in [0.4, 0.5) is 0 Å². The van der Waals surface area contributed by atoms with Crippen LogP contribution in [0.3, 0.4) is 0 Å². The van der Waals surface area contributed by atoms with Crippen molar-refractivity contribution in [2.24, 2.45) is 0 Å². The molecule has 0 spiro atoms. The molecule has 1 rings (SSSR count). The summed E-state index contributed by atoms with van der Waals surface area (Å²) < 4.78 is 39.1. The monoisotopic (exact) mass is 192 g/mol. The van der Waals surface area contributed by atoms with Gasteiger partial charge in [-0.25, -0.2) is 0 Å². The van der Waals surface area contributed by atoms with E-state index in [1.807, 2.05) is 0 Å². The molecule has 0 amide bonds. The van der Waals surface area contributed by atoms with E-state index in [1.165, 1.54) is 11.9 Å². The fraction of sp³-hybridized carbons (Fsp3) is 0.385. The Morgan fingerprint density at radius 2 is 2.29 bits per heavy atom. The SMILES string of the molecule is [2H]C([2H])([2H])[C@@H](N(C)CC#C)C([2H])([2H])c1ccccc1. The third-order valence-electron chi connectivity index (χ3n) is 1.86. The van der Waals surface area contributed by atoms with E-state index < -0.39 is 19.3 Å². The highest BCUT2D eigenvalue weighted by Gasteiger charge is 2.07. The van der Waals surface area contributed by atoms with Gasteiger partial charge in [0.15, 0.2) is 0 Å². The average molecular weight is 192 g/mol. The zero-order valence-electron chi connectivity index (χ0n) is 13.2. The van der Waals surface area contributed by atoms with Crippen LogP contribution in [0.1, 0.15) is 19.3 Å². The van der Waals surface area contributed by atoms with Crippen molar-refractivity contribution < 1.29 is 6.85 Å². The molecule has 0 fully saturated rings. The van der Waals surface area contributed by atoms with Gasteiger partial charge in [0.25, 0.3) is 0 Å². The number of nitrogens with zero attached hydrogens (tertiary/aromatic N) is 1. The number of terminal acetylenes is 1. The molecule has 14 heavy (non-hydrogen) atoms. The molecule has 0 saturated heterocycles. The summed E-state index contributed by atoms with van der Waals surface area (Å²) in [5.74, 6) is 2.35. The molecule has 0 N–H and O–H groups in total. The van der Waals surface area contributed by atoms with Gasteiger partial charge in [-0.1, -0.05) is 36.3 Å². The van der Waals surface area contributed by atoms with Crippen molar-refractivity contribution >= 4 is 0 Å². The summed E-state index contributed by atoms with van der Waals surface area (Å²) in [5, 5.41) is 0. The normalized spacial score (nSPS) is 19.6. The molecule has 1 heteroatoms. The summed E-state index contributed by atoms with van der Waals surface area (Å²) in [6.45, 7) is -2.39.